The largest absolute Gasteiger partial charge is 2.00 e. The minimum Gasteiger partial charge on any atom is -0.343 e. The van der Waals surface area contributed by atoms with Crippen molar-refractivity contribution in [2.24, 2.45) is 0 Å². The van der Waals surface area contributed by atoms with Crippen LogP contribution in [0, 0.1) is 13.8 Å². The van der Waals surface area contributed by atoms with Crippen LogP contribution in [-0.2, 0) is 11.8 Å². The molecule has 0 saturated heterocycles. The fraction of sp³-hybridized carbons (Fsp3) is 0.833. The number of hydrogen-bond donors (Lipinski definition) is 3. The molecule has 0 unspecified atom stereocenters. The Kier molecular flexibility index (Phi) is 38.1. The van der Waals surface area contributed by atoms with Gasteiger partial charge in [0.2, 0.25) is 5.69 Å². The molecule has 6 heteroatoms. The molecule has 0 aliphatic rings. The van der Waals surface area contributed by atoms with E-state index >= 15 is 0 Å². The van der Waals surface area contributed by atoms with Crippen LogP contribution in [0.4, 0.5) is 0 Å². The first-order valence-electron chi connectivity index (χ1n) is 6.20. The van der Waals surface area contributed by atoms with Crippen molar-refractivity contribution in [3.8, 4) is 0 Å². The minimum absolute atomic E-state index is 0. The number of thiol groups is 1. The van der Waals surface area contributed by atoms with Crippen LogP contribution in [0.5, 0.6) is 0 Å². The maximum Gasteiger partial charge on any atom is 2.00 e. The number of rotatable bonds is 6. The first kappa shape index (κ1) is 28.4. The molecule has 0 radical (unpaired) electrons. The Morgan fingerprint density at radius 3 is 1.22 bits per heavy atom. The van der Waals surface area contributed by atoms with Crippen molar-refractivity contribution >= 4 is 67.5 Å². The monoisotopic (exact) mass is 340 g/mol. The molecule has 0 aliphatic carbocycles. The molecule has 0 amide bonds. The van der Waals surface area contributed by atoms with E-state index in [1.807, 2.05) is 0 Å². The van der Waals surface area contributed by atoms with Gasteiger partial charge in [-0.15, -0.1) is 0 Å². The van der Waals surface area contributed by atoms with Crippen LogP contribution in [0.1, 0.15) is 65.2 Å². The van der Waals surface area contributed by atoms with Gasteiger partial charge in [-0.25, -0.2) is 0 Å². The van der Waals surface area contributed by atoms with Gasteiger partial charge >= 0.3 is 37.7 Å². The quantitative estimate of drug-likeness (QED) is 0.218. The Morgan fingerprint density at radius 2 is 1.17 bits per heavy atom. The maximum absolute atomic E-state index is 7.87. The minimum atomic E-state index is -3.11. The Bertz CT molecular complexity index is 142. The van der Waals surface area contributed by atoms with Crippen molar-refractivity contribution in [3.05, 3.63) is 13.8 Å². The third kappa shape index (κ3) is 80.2. The van der Waals surface area contributed by atoms with E-state index in [-0.39, 0.29) is 37.7 Å². The fourth-order valence-corrected chi connectivity index (χ4v) is 0.854. The average molecular weight is 341 g/mol. The molecule has 0 bridgehead atoms. The summed E-state index contributed by atoms with van der Waals surface area (Å²) in [5, 5.41) is 0. The normalized spacial score (nSPS) is 9.28. The van der Waals surface area contributed by atoms with Gasteiger partial charge in [-0.1, -0.05) is 64.6 Å². The molecule has 18 heavy (non-hydrogen) atoms. The summed E-state index contributed by atoms with van der Waals surface area (Å²) in [5.74, 6) is 0. The van der Waals surface area contributed by atoms with Crippen LogP contribution in [-0.4, -0.2) is 47.5 Å². The van der Waals surface area contributed by atoms with Gasteiger partial charge in [-0.05, 0) is 11.8 Å². The van der Waals surface area contributed by atoms with Crippen molar-refractivity contribution in [3.63, 3.8) is 0 Å². The second kappa shape index (κ2) is 24.2. The molecule has 0 spiro atoms. The van der Waals surface area contributed by atoms with Gasteiger partial charge in [-0.2, -0.15) is 12.8 Å². The molecule has 0 atom stereocenters. The smallest absolute Gasteiger partial charge is 0.343 e. The zero-order chi connectivity index (χ0) is 14.2. The van der Waals surface area contributed by atoms with E-state index in [9.17, 15) is 0 Å². The Balaban J connectivity index is -0.0000000799. The number of unbranched alkanes of at least 4 members (excludes halogenated alkanes) is 6. The zero-order valence-electron chi connectivity index (χ0n) is 12.0. The number of hydrogen-bond acceptors (Lipinski definition) is 1. The maximum atomic E-state index is 7.87. The molecule has 0 heterocycles. The second-order valence-electron chi connectivity index (χ2n) is 3.63. The van der Waals surface area contributed by atoms with Crippen molar-refractivity contribution in [2.45, 2.75) is 65.2 Å². The molecule has 0 aromatic carbocycles. The van der Waals surface area contributed by atoms with Crippen LogP contribution in [0.25, 0.3) is 0 Å². The zero-order valence-corrected chi connectivity index (χ0v) is 16.8. The van der Waals surface area contributed by atoms with Crippen molar-refractivity contribution in [1.82, 2.24) is 0 Å². The Morgan fingerprint density at radius 1 is 0.944 bits per heavy atom. The van der Waals surface area contributed by atoms with E-state index in [1.54, 1.807) is 0 Å². The third-order valence-electron chi connectivity index (χ3n) is 1.71. The van der Waals surface area contributed by atoms with Crippen molar-refractivity contribution in [1.29, 1.82) is 0 Å². The van der Waals surface area contributed by atoms with E-state index < -0.39 is 5.69 Å². The van der Waals surface area contributed by atoms with E-state index in [4.69, 9.17) is 9.79 Å². The molecule has 2 nitrogen and oxygen atoms in total. The summed E-state index contributed by atoms with van der Waals surface area (Å²) in [5.41, 5.74) is -3.11. The van der Waals surface area contributed by atoms with Gasteiger partial charge in [0.15, 0.2) is 0 Å². The Hall–Kier alpha value is 2.18. The molecule has 0 saturated carbocycles. The predicted molar refractivity (Wildman–Crippen MR) is 92.5 cm³/mol. The van der Waals surface area contributed by atoms with Gasteiger partial charge in [0, 0.05) is 0 Å². The molecular weight excluding hydrogens is 311 g/mol. The average Bonchev–Trinajstić information content (AvgIpc) is 2.22. The van der Waals surface area contributed by atoms with E-state index in [0.29, 0.717) is 0 Å². The molecule has 0 aromatic heterocycles. The molecule has 0 aliphatic heterocycles. The summed E-state index contributed by atoms with van der Waals surface area (Å²) in [6.45, 7) is 11.9. The molecule has 2 N–H and O–H groups in total. The fourth-order valence-electron chi connectivity index (χ4n) is 0.854. The topological polar surface area (TPSA) is 40.5 Å². The molecule has 0 fully saturated rings. The van der Waals surface area contributed by atoms with Gasteiger partial charge in [-0.3, -0.25) is 0 Å². The van der Waals surface area contributed by atoms with E-state index in [1.165, 1.54) is 38.5 Å². The van der Waals surface area contributed by atoms with Crippen LogP contribution < -0.4 is 0 Å². The third-order valence-corrected chi connectivity index (χ3v) is 1.71. The first-order chi connectivity index (χ1) is 7.83. The van der Waals surface area contributed by atoms with E-state index in [0.717, 1.165) is 12.8 Å². The van der Waals surface area contributed by atoms with Crippen molar-refractivity contribution in [2.75, 3.05) is 0 Å². The van der Waals surface area contributed by atoms with Crippen molar-refractivity contribution < 1.29 is 9.79 Å². The van der Waals surface area contributed by atoms with Gasteiger partial charge in [0.05, 0.1) is 0 Å². The summed E-state index contributed by atoms with van der Waals surface area (Å²) in [6.07, 6.45) is 10.1. The summed E-state index contributed by atoms with van der Waals surface area (Å²) < 4.78 is 0. The van der Waals surface area contributed by atoms with Gasteiger partial charge < -0.3 is 23.6 Å². The summed E-state index contributed by atoms with van der Waals surface area (Å²) in [4.78, 5) is 15.7. The Labute approximate surface area is 155 Å². The first-order valence-corrected chi connectivity index (χ1v) is 10.1. The second-order valence-corrected chi connectivity index (χ2v) is 8.67. The SMILES string of the molecule is OP(O)(=S)S.[CH2-]CCCCC.[CH2-]CCCCC.[Ca+2]. The van der Waals surface area contributed by atoms with Crippen LogP contribution in [0.2, 0.25) is 0 Å². The molecular formula is C12H29CaO2PS2. The summed E-state index contributed by atoms with van der Waals surface area (Å²) >= 11 is 7.07. The van der Waals surface area contributed by atoms with Crippen LogP contribution >= 0.6 is 17.9 Å². The van der Waals surface area contributed by atoms with Crippen LogP contribution in [0.3, 0.4) is 0 Å². The molecule has 108 valence electrons. The summed E-state index contributed by atoms with van der Waals surface area (Å²) in [6, 6.07) is 0. The predicted octanol–water partition coefficient (Wildman–Crippen LogP) is 4.55. The molecule has 0 rings (SSSR count). The van der Waals surface area contributed by atoms with Gasteiger partial charge in [0.25, 0.3) is 0 Å². The summed E-state index contributed by atoms with van der Waals surface area (Å²) in [7, 11) is 0. The molecule has 0 aromatic rings. The van der Waals surface area contributed by atoms with Gasteiger partial charge in [0.1, 0.15) is 0 Å². The standard InChI is InChI=1S/2C6H13.Ca.H3O2PS2/c2*1-3-5-6-4-2;;1-3(2,4)5/h2*1,3-6H2,2H3;;(H3,1,2,4,5)/q2*-1;+2;. The van der Waals surface area contributed by atoms with Crippen LogP contribution in [0.15, 0.2) is 0 Å². The van der Waals surface area contributed by atoms with E-state index in [2.05, 4.69) is 51.8 Å².